The van der Waals surface area contributed by atoms with Crippen LogP contribution in [0.25, 0.3) is 0 Å². The van der Waals surface area contributed by atoms with Crippen molar-refractivity contribution in [3.05, 3.63) is 18.0 Å². The van der Waals surface area contributed by atoms with E-state index in [2.05, 4.69) is 37.7 Å². The van der Waals surface area contributed by atoms with Crippen molar-refractivity contribution < 1.29 is 5.11 Å². The van der Waals surface area contributed by atoms with E-state index in [1.807, 2.05) is 0 Å². The second-order valence-corrected chi connectivity index (χ2v) is 6.89. The summed E-state index contributed by atoms with van der Waals surface area (Å²) in [7, 11) is 0. The summed E-state index contributed by atoms with van der Waals surface area (Å²) in [6, 6.07) is 2.59. The van der Waals surface area contributed by atoms with E-state index in [9.17, 15) is 5.11 Å². The zero-order valence-electron chi connectivity index (χ0n) is 14.0. The van der Waals surface area contributed by atoms with Crippen molar-refractivity contribution in [1.29, 1.82) is 0 Å². The molecule has 1 aliphatic rings. The van der Waals surface area contributed by atoms with Crippen LogP contribution in [-0.4, -0.2) is 20.5 Å². The molecule has 1 fully saturated rings. The van der Waals surface area contributed by atoms with Crippen LogP contribution >= 0.6 is 0 Å². The largest absolute Gasteiger partial charge is 0.389 e. The third-order valence-electron chi connectivity index (χ3n) is 5.22. The first-order valence-corrected chi connectivity index (χ1v) is 8.86. The van der Waals surface area contributed by atoms with Crippen molar-refractivity contribution in [2.75, 3.05) is 0 Å². The molecule has 21 heavy (non-hydrogen) atoms. The van der Waals surface area contributed by atoms with Crippen LogP contribution in [0, 0.1) is 5.92 Å². The zero-order valence-corrected chi connectivity index (χ0v) is 14.0. The maximum Gasteiger partial charge on any atom is 0.0703 e. The maximum atomic E-state index is 10.8. The Balaban J connectivity index is 1.92. The minimum atomic E-state index is -0.517. The van der Waals surface area contributed by atoms with E-state index in [1.54, 1.807) is 0 Å². The second kappa shape index (κ2) is 7.44. The molecule has 0 amide bonds. The van der Waals surface area contributed by atoms with Gasteiger partial charge in [-0.1, -0.05) is 33.6 Å². The highest BCUT2D eigenvalue weighted by molar-refractivity contribution is 5.05. The summed E-state index contributed by atoms with van der Waals surface area (Å²) in [5.41, 5.74) is 0.538. The Bertz CT molecular complexity index is 415. The minimum absolute atomic E-state index is 0.494. The number of aromatic nitrogens is 2. The van der Waals surface area contributed by atoms with Crippen molar-refractivity contribution in [2.24, 2.45) is 5.92 Å². The molecular weight excluding hydrogens is 260 g/mol. The number of hydrogen-bond acceptors (Lipinski definition) is 2. The average molecular weight is 292 g/mol. The monoisotopic (exact) mass is 292 g/mol. The van der Waals surface area contributed by atoms with Gasteiger partial charge >= 0.3 is 0 Å². The molecule has 0 saturated heterocycles. The molecule has 0 unspecified atom stereocenters. The number of aliphatic hydroxyl groups is 1. The Labute approximate surface area is 129 Å². The molecule has 1 N–H and O–H groups in total. The summed E-state index contributed by atoms with van der Waals surface area (Å²) >= 11 is 0. The predicted molar refractivity (Wildman–Crippen MR) is 87.4 cm³/mol. The third-order valence-corrected chi connectivity index (χ3v) is 5.22. The summed E-state index contributed by atoms with van der Waals surface area (Å²) in [4.78, 5) is 0. The average Bonchev–Trinajstić information content (AvgIpc) is 2.91. The second-order valence-electron chi connectivity index (χ2n) is 6.89. The van der Waals surface area contributed by atoms with Gasteiger partial charge in [0.1, 0.15) is 0 Å². The molecular formula is C18H32N2O. The molecule has 1 aromatic heterocycles. The van der Waals surface area contributed by atoms with Crippen molar-refractivity contribution in [3.8, 4) is 0 Å². The Hall–Kier alpha value is -0.830. The van der Waals surface area contributed by atoms with E-state index < -0.39 is 5.60 Å². The standard InChI is InChI=1S/C18H32N2O/c1-4-7-15-8-11-18(21,12-9-15)14-16-10-13-20(19-16)17(5-2)6-3/h10,13,15,17,21H,4-9,11-12,14H2,1-3H3. The van der Waals surface area contributed by atoms with Crippen LogP contribution in [0.15, 0.2) is 12.3 Å². The lowest BCUT2D eigenvalue weighted by Gasteiger charge is -2.35. The summed E-state index contributed by atoms with van der Waals surface area (Å²) in [6.07, 6.45) is 11.8. The van der Waals surface area contributed by atoms with Gasteiger partial charge in [-0.15, -0.1) is 0 Å². The molecule has 3 heteroatoms. The Morgan fingerprint density at radius 2 is 1.95 bits per heavy atom. The minimum Gasteiger partial charge on any atom is -0.389 e. The van der Waals surface area contributed by atoms with Crippen LogP contribution in [0.5, 0.6) is 0 Å². The van der Waals surface area contributed by atoms with Crippen LogP contribution in [0.3, 0.4) is 0 Å². The smallest absolute Gasteiger partial charge is 0.0703 e. The van der Waals surface area contributed by atoms with Crippen LogP contribution in [0.4, 0.5) is 0 Å². The van der Waals surface area contributed by atoms with Crippen LogP contribution in [-0.2, 0) is 6.42 Å². The predicted octanol–water partition coefficient (Wildman–Crippen LogP) is 4.51. The Kier molecular flexibility index (Phi) is 5.86. The normalized spacial score (nSPS) is 26.4. The molecule has 0 radical (unpaired) electrons. The van der Waals surface area contributed by atoms with E-state index in [0.717, 1.165) is 43.7 Å². The molecule has 1 aromatic rings. The van der Waals surface area contributed by atoms with Gasteiger partial charge in [-0.25, -0.2) is 0 Å². The SMILES string of the molecule is CCCC1CCC(O)(Cc2ccn(C(CC)CC)n2)CC1. The summed E-state index contributed by atoms with van der Waals surface area (Å²) in [6.45, 7) is 6.67. The molecule has 3 nitrogen and oxygen atoms in total. The third kappa shape index (κ3) is 4.32. The van der Waals surface area contributed by atoms with Crippen molar-refractivity contribution in [2.45, 2.75) is 90.2 Å². The lowest BCUT2D eigenvalue weighted by atomic mass is 9.75. The van der Waals surface area contributed by atoms with E-state index in [0.29, 0.717) is 6.04 Å². The fourth-order valence-electron chi connectivity index (χ4n) is 3.76. The summed E-state index contributed by atoms with van der Waals surface area (Å²) < 4.78 is 2.08. The van der Waals surface area contributed by atoms with Gasteiger partial charge in [-0.05, 0) is 50.5 Å². The van der Waals surface area contributed by atoms with Gasteiger partial charge in [0, 0.05) is 12.6 Å². The van der Waals surface area contributed by atoms with Gasteiger partial charge in [-0.2, -0.15) is 5.10 Å². The highest BCUT2D eigenvalue weighted by Gasteiger charge is 2.33. The van der Waals surface area contributed by atoms with Crippen LogP contribution in [0.2, 0.25) is 0 Å². The number of hydrogen-bond donors (Lipinski definition) is 1. The lowest BCUT2D eigenvalue weighted by Crippen LogP contribution is -2.36. The van der Waals surface area contributed by atoms with E-state index >= 15 is 0 Å². The van der Waals surface area contributed by atoms with Crippen molar-refractivity contribution >= 4 is 0 Å². The summed E-state index contributed by atoms with van der Waals surface area (Å²) in [5, 5.41) is 15.5. The molecule has 1 aliphatic carbocycles. The Morgan fingerprint density at radius 1 is 1.29 bits per heavy atom. The van der Waals surface area contributed by atoms with Gasteiger partial charge in [0.15, 0.2) is 0 Å². The first-order chi connectivity index (χ1) is 10.1. The zero-order chi connectivity index (χ0) is 15.3. The van der Waals surface area contributed by atoms with Crippen molar-refractivity contribution in [3.63, 3.8) is 0 Å². The van der Waals surface area contributed by atoms with Crippen LogP contribution in [0.1, 0.15) is 83.9 Å². The van der Waals surface area contributed by atoms with Gasteiger partial charge < -0.3 is 5.11 Å². The first-order valence-electron chi connectivity index (χ1n) is 8.86. The highest BCUT2D eigenvalue weighted by atomic mass is 16.3. The van der Waals surface area contributed by atoms with Crippen molar-refractivity contribution in [1.82, 2.24) is 9.78 Å². The van der Waals surface area contributed by atoms with Gasteiger partial charge in [-0.3, -0.25) is 4.68 Å². The van der Waals surface area contributed by atoms with Crippen LogP contribution < -0.4 is 0 Å². The van der Waals surface area contributed by atoms with Gasteiger partial charge in [0.2, 0.25) is 0 Å². The first kappa shape index (κ1) is 16.5. The lowest BCUT2D eigenvalue weighted by molar-refractivity contribution is -0.0108. The molecule has 120 valence electrons. The topological polar surface area (TPSA) is 38.0 Å². The molecule has 0 spiro atoms. The molecule has 0 atom stereocenters. The fraction of sp³-hybridized carbons (Fsp3) is 0.833. The fourth-order valence-corrected chi connectivity index (χ4v) is 3.76. The highest BCUT2D eigenvalue weighted by Crippen LogP contribution is 2.36. The van der Waals surface area contributed by atoms with E-state index in [-0.39, 0.29) is 0 Å². The molecule has 1 saturated carbocycles. The van der Waals surface area contributed by atoms with Gasteiger partial charge in [0.25, 0.3) is 0 Å². The van der Waals surface area contributed by atoms with E-state index in [4.69, 9.17) is 5.10 Å². The number of rotatable bonds is 7. The Morgan fingerprint density at radius 3 is 2.52 bits per heavy atom. The molecule has 0 aromatic carbocycles. The quantitative estimate of drug-likeness (QED) is 0.803. The molecule has 2 rings (SSSR count). The number of nitrogens with zero attached hydrogens (tertiary/aromatic N) is 2. The molecule has 0 aliphatic heterocycles. The maximum absolute atomic E-state index is 10.8. The van der Waals surface area contributed by atoms with E-state index in [1.165, 1.54) is 25.7 Å². The summed E-state index contributed by atoms with van der Waals surface area (Å²) in [5.74, 6) is 0.831. The van der Waals surface area contributed by atoms with Gasteiger partial charge in [0.05, 0.1) is 17.3 Å². The molecule has 1 heterocycles. The molecule has 0 bridgehead atoms.